The van der Waals surface area contributed by atoms with E-state index in [9.17, 15) is 13.2 Å². The van der Waals surface area contributed by atoms with Crippen molar-refractivity contribution in [3.8, 4) is 12.3 Å². The second kappa shape index (κ2) is 6.89. The Balaban J connectivity index is 3.27. The lowest BCUT2D eigenvalue weighted by Crippen LogP contribution is -2.38. The van der Waals surface area contributed by atoms with Crippen molar-refractivity contribution < 1.29 is 17.6 Å². The molecule has 0 saturated carbocycles. The molecule has 0 aromatic heterocycles. The zero-order chi connectivity index (χ0) is 17.1. The molecule has 0 saturated heterocycles. The Morgan fingerprint density at radius 1 is 1.18 bits per heavy atom. The van der Waals surface area contributed by atoms with Gasteiger partial charge in [0.05, 0.1) is 17.6 Å². The molecule has 1 nitrogen and oxygen atoms in total. The molecule has 0 aliphatic heterocycles. The van der Waals surface area contributed by atoms with E-state index in [0.29, 0.717) is 5.56 Å². The maximum atomic E-state index is 12.9. The number of hydrogen-bond acceptors (Lipinski definition) is 1. The van der Waals surface area contributed by atoms with E-state index in [-0.39, 0.29) is 11.5 Å². The molecule has 2 unspecified atom stereocenters. The molecule has 0 heterocycles. The number of terminal acetylenes is 1. The lowest BCUT2D eigenvalue weighted by Gasteiger charge is -2.36. The SMILES string of the molecule is C#CC(c1cccc(C(F)(F)F)c1)C(O[Si](C)C)C(C)(C)C. The quantitative estimate of drug-likeness (QED) is 0.552. The summed E-state index contributed by atoms with van der Waals surface area (Å²) in [5.41, 5.74) is -0.482. The van der Waals surface area contributed by atoms with Crippen LogP contribution in [0.15, 0.2) is 24.3 Å². The molecule has 0 spiro atoms. The van der Waals surface area contributed by atoms with Gasteiger partial charge in [-0.1, -0.05) is 44.9 Å². The van der Waals surface area contributed by atoms with Crippen molar-refractivity contribution in [2.24, 2.45) is 5.41 Å². The maximum absolute atomic E-state index is 12.9. The molecular weight excluding hydrogens is 305 g/mol. The van der Waals surface area contributed by atoms with Crippen LogP contribution in [0.2, 0.25) is 13.1 Å². The van der Waals surface area contributed by atoms with Crippen molar-refractivity contribution in [3.63, 3.8) is 0 Å². The zero-order valence-corrected chi connectivity index (χ0v) is 14.6. The van der Waals surface area contributed by atoms with Crippen molar-refractivity contribution in [2.45, 2.75) is 52.1 Å². The normalized spacial score (nSPS) is 15.5. The van der Waals surface area contributed by atoms with E-state index in [1.165, 1.54) is 6.07 Å². The van der Waals surface area contributed by atoms with Crippen LogP contribution in [0, 0.1) is 17.8 Å². The smallest absolute Gasteiger partial charge is 0.412 e. The van der Waals surface area contributed by atoms with Gasteiger partial charge in [0.2, 0.25) is 9.04 Å². The molecule has 0 fully saturated rings. The molecule has 1 radical (unpaired) electrons. The molecule has 0 aliphatic rings. The maximum Gasteiger partial charge on any atom is 0.416 e. The topological polar surface area (TPSA) is 9.23 Å². The Morgan fingerprint density at radius 3 is 2.18 bits per heavy atom. The molecular formula is C17H22F3OSi. The van der Waals surface area contributed by atoms with Gasteiger partial charge in [0.1, 0.15) is 0 Å². The van der Waals surface area contributed by atoms with Gasteiger partial charge in [-0.15, -0.1) is 6.42 Å². The second-order valence-electron chi connectivity index (χ2n) is 6.58. The number of alkyl halides is 3. The summed E-state index contributed by atoms with van der Waals surface area (Å²) in [6.45, 7) is 9.94. The molecule has 0 N–H and O–H groups in total. The first-order chi connectivity index (χ1) is 9.96. The van der Waals surface area contributed by atoms with Crippen LogP contribution in [0.5, 0.6) is 0 Å². The largest absolute Gasteiger partial charge is 0.416 e. The summed E-state index contributed by atoms with van der Waals surface area (Å²) in [5, 5.41) is 0. The third-order valence-electron chi connectivity index (χ3n) is 3.27. The van der Waals surface area contributed by atoms with Crippen LogP contribution in [-0.2, 0) is 10.6 Å². The molecule has 121 valence electrons. The fourth-order valence-corrected chi connectivity index (χ4v) is 3.26. The number of hydrogen-bond donors (Lipinski definition) is 0. The van der Waals surface area contributed by atoms with Crippen LogP contribution in [0.25, 0.3) is 0 Å². The van der Waals surface area contributed by atoms with Crippen LogP contribution >= 0.6 is 0 Å². The highest BCUT2D eigenvalue weighted by Crippen LogP contribution is 2.37. The van der Waals surface area contributed by atoms with Gasteiger partial charge >= 0.3 is 6.18 Å². The molecule has 1 aromatic carbocycles. The summed E-state index contributed by atoms with van der Waals surface area (Å²) < 4.78 is 44.7. The number of benzene rings is 1. The standard InChI is InChI=1S/C17H22F3OSi/c1-7-14(15(16(2,3)4)21-22(5)6)12-9-8-10-13(11-12)17(18,19)20/h1,8-11,14-15H,2-6H3. The first-order valence-corrected chi connectivity index (χ1v) is 9.47. The van der Waals surface area contributed by atoms with Gasteiger partial charge < -0.3 is 4.43 Å². The fraction of sp³-hybridized carbons (Fsp3) is 0.529. The highest BCUT2D eigenvalue weighted by Gasteiger charge is 2.36. The minimum atomic E-state index is -4.38. The lowest BCUT2D eigenvalue weighted by atomic mass is 9.78. The third kappa shape index (κ3) is 4.89. The molecule has 0 bridgehead atoms. The summed E-state index contributed by atoms with van der Waals surface area (Å²) in [7, 11) is -1.03. The molecule has 5 heteroatoms. The van der Waals surface area contributed by atoms with Crippen LogP contribution in [0.1, 0.15) is 37.8 Å². The van der Waals surface area contributed by atoms with E-state index < -0.39 is 26.7 Å². The average Bonchev–Trinajstić information content (AvgIpc) is 2.36. The van der Waals surface area contributed by atoms with Gasteiger partial charge in [-0.25, -0.2) is 0 Å². The highest BCUT2D eigenvalue weighted by atomic mass is 28.3. The number of rotatable bonds is 4. The minimum absolute atomic E-state index is 0.271. The van der Waals surface area contributed by atoms with Gasteiger partial charge in [0.15, 0.2) is 0 Å². The van der Waals surface area contributed by atoms with Crippen molar-refractivity contribution in [3.05, 3.63) is 35.4 Å². The van der Waals surface area contributed by atoms with Crippen molar-refractivity contribution in [2.75, 3.05) is 0 Å². The predicted octanol–water partition coefficient (Wildman–Crippen LogP) is 5.10. The molecule has 0 aliphatic carbocycles. The van der Waals surface area contributed by atoms with Crippen LogP contribution < -0.4 is 0 Å². The summed E-state index contributed by atoms with van der Waals surface area (Å²) in [5.74, 6) is 2.12. The van der Waals surface area contributed by atoms with Crippen molar-refractivity contribution in [1.82, 2.24) is 0 Å². The molecule has 1 aromatic rings. The summed E-state index contributed by atoms with van der Waals surface area (Å²) >= 11 is 0. The van der Waals surface area contributed by atoms with Gasteiger partial charge in [0.25, 0.3) is 0 Å². The fourth-order valence-electron chi connectivity index (χ4n) is 2.27. The van der Waals surface area contributed by atoms with E-state index in [2.05, 4.69) is 5.92 Å². The predicted molar refractivity (Wildman–Crippen MR) is 84.8 cm³/mol. The van der Waals surface area contributed by atoms with E-state index in [4.69, 9.17) is 10.8 Å². The monoisotopic (exact) mass is 327 g/mol. The van der Waals surface area contributed by atoms with Gasteiger partial charge in [0, 0.05) is 0 Å². The van der Waals surface area contributed by atoms with E-state index >= 15 is 0 Å². The minimum Gasteiger partial charge on any atom is -0.412 e. The first-order valence-electron chi connectivity index (χ1n) is 7.07. The Kier molecular flexibility index (Phi) is 5.88. The van der Waals surface area contributed by atoms with Crippen LogP contribution in [0.3, 0.4) is 0 Å². The summed E-state index contributed by atoms with van der Waals surface area (Å²) in [6.07, 6.45) is 0.931. The van der Waals surface area contributed by atoms with Gasteiger partial charge in [-0.3, -0.25) is 0 Å². The number of halogens is 3. The van der Waals surface area contributed by atoms with E-state index in [1.807, 2.05) is 33.9 Å². The third-order valence-corrected chi connectivity index (χ3v) is 4.00. The van der Waals surface area contributed by atoms with Crippen molar-refractivity contribution >= 4 is 9.04 Å². The van der Waals surface area contributed by atoms with Gasteiger partial charge in [-0.05, 0) is 30.1 Å². The van der Waals surface area contributed by atoms with Crippen molar-refractivity contribution in [1.29, 1.82) is 0 Å². The highest BCUT2D eigenvalue weighted by molar-refractivity contribution is 6.48. The summed E-state index contributed by atoms with van der Waals surface area (Å²) in [6, 6.07) is 5.22. The molecule has 0 amide bonds. The molecule has 1 rings (SSSR count). The Labute approximate surface area is 132 Å². The van der Waals surface area contributed by atoms with Crippen LogP contribution in [-0.4, -0.2) is 15.1 Å². The lowest BCUT2D eigenvalue weighted by molar-refractivity contribution is -0.137. The van der Waals surface area contributed by atoms with E-state index in [0.717, 1.165) is 12.1 Å². The zero-order valence-electron chi connectivity index (χ0n) is 13.6. The summed E-state index contributed by atoms with van der Waals surface area (Å²) in [4.78, 5) is 0. The first kappa shape index (κ1) is 18.8. The van der Waals surface area contributed by atoms with Gasteiger partial charge in [-0.2, -0.15) is 13.2 Å². The molecule has 22 heavy (non-hydrogen) atoms. The molecule has 2 atom stereocenters. The average molecular weight is 327 g/mol. The van der Waals surface area contributed by atoms with E-state index in [1.54, 1.807) is 6.07 Å². The Morgan fingerprint density at radius 2 is 1.77 bits per heavy atom. The Hall–Kier alpha value is -1.25. The Bertz CT molecular complexity index is 538. The second-order valence-corrected chi connectivity index (χ2v) is 8.63. The van der Waals surface area contributed by atoms with Crippen LogP contribution in [0.4, 0.5) is 13.2 Å².